The zero-order chi connectivity index (χ0) is 12.4. The molecule has 1 aromatic heterocycles. The third kappa shape index (κ3) is 3.03. The number of thiophene rings is 1. The Morgan fingerprint density at radius 3 is 2.41 bits per heavy atom. The number of rotatable bonds is 3. The molecule has 2 N–H and O–H groups in total. The smallest absolute Gasteiger partial charge is 0.126 e. The number of benzene rings is 1. The fourth-order valence-electron chi connectivity index (χ4n) is 1.65. The predicted octanol–water partition coefficient (Wildman–Crippen LogP) is 3.92. The molecule has 1 heterocycles. The molecular formula is C12H10ClF2NS. The summed E-state index contributed by atoms with van der Waals surface area (Å²) in [4.78, 5) is 0.830. The molecule has 0 aliphatic heterocycles. The highest BCUT2D eigenvalue weighted by molar-refractivity contribution is 7.10. The van der Waals surface area contributed by atoms with E-state index in [1.54, 1.807) is 6.07 Å². The van der Waals surface area contributed by atoms with E-state index in [9.17, 15) is 8.78 Å². The summed E-state index contributed by atoms with van der Waals surface area (Å²) in [7, 11) is 0. The Morgan fingerprint density at radius 1 is 1.24 bits per heavy atom. The summed E-state index contributed by atoms with van der Waals surface area (Å²) in [5.74, 6) is -1.19. The first-order chi connectivity index (χ1) is 8.06. The summed E-state index contributed by atoms with van der Waals surface area (Å²) < 4.78 is 26.0. The average molecular weight is 274 g/mol. The van der Waals surface area contributed by atoms with Gasteiger partial charge in [-0.2, -0.15) is 0 Å². The normalized spacial score (nSPS) is 12.7. The number of halogens is 3. The molecule has 0 radical (unpaired) electrons. The molecule has 0 aliphatic rings. The largest absolute Gasteiger partial charge is 0.323 e. The predicted molar refractivity (Wildman–Crippen MR) is 66.3 cm³/mol. The SMILES string of the molecule is NC(Cc1cc(F)cc(F)c1)c1sccc1Cl. The lowest BCUT2D eigenvalue weighted by atomic mass is 10.1. The van der Waals surface area contributed by atoms with E-state index in [1.807, 2.05) is 5.38 Å². The monoisotopic (exact) mass is 273 g/mol. The van der Waals surface area contributed by atoms with Gasteiger partial charge in [0.25, 0.3) is 0 Å². The Kier molecular flexibility index (Phi) is 3.76. The van der Waals surface area contributed by atoms with Crippen LogP contribution in [0.4, 0.5) is 8.78 Å². The lowest BCUT2D eigenvalue weighted by molar-refractivity contribution is 0.577. The summed E-state index contributed by atoms with van der Waals surface area (Å²) in [6.07, 6.45) is 0.356. The topological polar surface area (TPSA) is 26.0 Å². The average Bonchev–Trinajstić information content (AvgIpc) is 2.62. The quantitative estimate of drug-likeness (QED) is 0.901. The molecule has 2 rings (SSSR count). The molecule has 1 nitrogen and oxygen atoms in total. The molecule has 0 saturated carbocycles. The molecule has 1 atom stereocenters. The molecule has 0 saturated heterocycles. The van der Waals surface area contributed by atoms with Crippen molar-refractivity contribution in [3.8, 4) is 0 Å². The molecule has 1 unspecified atom stereocenters. The molecule has 0 bridgehead atoms. The van der Waals surface area contributed by atoms with Crippen LogP contribution in [0.3, 0.4) is 0 Å². The molecule has 0 fully saturated rings. The molecule has 5 heteroatoms. The van der Waals surface area contributed by atoms with Crippen molar-refractivity contribution in [1.82, 2.24) is 0 Å². The van der Waals surface area contributed by atoms with Gasteiger partial charge < -0.3 is 5.73 Å². The summed E-state index contributed by atoms with van der Waals surface area (Å²) in [5.41, 5.74) is 6.48. The van der Waals surface area contributed by atoms with Gasteiger partial charge >= 0.3 is 0 Å². The second kappa shape index (κ2) is 5.12. The van der Waals surface area contributed by atoms with E-state index in [4.69, 9.17) is 17.3 Å². The van der Waals surface area contributed by atoms with Gasteiger partial charge in [-0.25, -0.2) is 8.78 Å². The molecule has 2 aromatic rings. The molecule has 90 valence electrons. The van der Waals surface area contributed by atoms with Crippen molar-refractivity contribution in [3.63, 3.8) is 0 Å². The third-order valence-corrected chi connectivity index (χ3v) is 3.85. The lowest BCUT2D eigenvalue weighted by Gasteiger charge is -2.10. The van der Waals surface area contributed by atoms with Crippen LogP contribution in [0.2, 0.25) is 5.02 Å². The molecule has 0 spiro atoms. The Bertz CT molecular complexity index is 507. The highest BCUT2D eigenvalue weighted by Crippen LogP contribution is 2.29. The Balaban J connectivity index is 2.18. The highest BCUT2D eigenvalue weighted by atomic mass is 35.5. The number of hydrogen-bond donors (Lipinski definition) is 1. The zero-order valence-corrected chi connectivity index (χ0v) is 10.4. The van der Waals surface area contributed by atoms with Crippen LogP contribution in [0.15, 0.2) is 29.6 Å². The Morgan fingerprint density at radius 2 is 1.88 bits per heavy atom. The van der Waals surface area contributed by atoms with Crippen LogP contribution in [0.25, 0.3) is 0 Å². The molecule has 1 aromatic carbocycles. The first-order valence-corrected chi connectivity index (χ1v) is 6.25. The van der Waals surface area contributed by atoms with Crippen molar-refractivity contribution < 1.29 is 8.78 Å². The third-order valence-electron chi connectivity index (χ3n) is 2.36. The second-order valence-corrected chi connectivity index (χ2v) is 5.08. The van der Waals surface area contributed by atoms with Gasteiger partial charge in [0.05, 0.1) is 5.02 Å². The van der Waals surface area contributed by atoms with Crippen molar-refractivity contribution in [1.29, 1.82) is 0 Å². The van der Waals surface area contributed by atoms with Gasteiger partial charge in [0, 0.05) is 17.0 Å². The molecule has 17 heavy (non-hydrogen) atoms. The van der Waals surface area contributed by atoms with Crippen molar-refractivity contribution in [3.05, 3.63) is 56.7 Å². The van der Waals surface area contributed by atoms with E-state index >= 15 is 0 Å². The van der Waals surface area contributed by atoms with E-state index < -0.39 is 11.6 Å². The number of nitrogens with two attached hydrogens (primary N) is 1. The summed E-state index contributed by atoms with van der Waals surface area (Å²) in [6, 6.07) is 4.82. The van der Waals surface area contributed by atoms with Gasteiger partial charge in [-0.1, -0.05) is 11.6 Å². The van der Waals surface area contributed by atoms with Gasteiger partial charge in [0.1, 0.15) is 11.6 Å². The summed E-state index contributed by atoms with van der Waals surface area (Å²) in [5, 5.41) is 2.43. The molecule has 0 aliphatic carbocycles. The lowest BCUT2D eigenvalue weighted by Crippen LogP contribution is -2.12. The maximum Gasteiger partial charge on any atom is 0.126 e. The Labute approximate surface area is 107 Å². The minimum Gasteiger partial charge on any atom is -0.323 e. The van der Waals surface area contributed by atoms with Crippen molar-refractivity contribution in [2.45, 2.75) is 12.5 Å². The van der Waals surface area contributed by atoms with Crippen molar-refractivity contribution in [2.75, 3.05) is 0 Å². The van der Waals surface area contributed by atoms with Crippen molar-refractivity contribution >= 4 is 22.9 Å². The van der Waals surface area contributed by atoms with Gasteiger partial charge in [-0.15, -0.1) is 11.3 Å². The van der Waals surface area contributed by atoms with Crippen LogP contribution in [0.5, 0.6) is 0 Å². The van der Waals surface area contributed by atoms with E-state index in [-0.39, 0.29) is 6.04 Å². The fourth-order valence-corrected chi connectivity index (χ4v) is 2.85. The van der Waals surface area contributed by atoms with Crippen molar-refractivity contribution in [2.24, 2.45) is 5.73 Å². The standard InChI is InChI=1S/C12H10ClF2NS/c13-10-1-2-17-12(10)11(16)5-7-3-8(14)6-9(15)4-7/h1-4,6,11H,5,16H2. The Hall–Kier alpha value is -0.970. The molecular weight excluding hydrogens is 264 g/mol. The van der Waals surface area contributed by atoms with Crippen LogP contribution in [-0.2, 0) is 6.42 Å². The zero-order valence-electron chi connectivity index (χ0n) is 8.79. The minimum atomic E-state index is -0.593. The second-order valence-electron chi connectivity index (χ2n) is 3.72. The highest BCUT2D eigenvalue weighted by Gasteiger charge is 2.13. The van der Waals surface area contributed by atoms with E-state index in [1.165, 1.54) is 23.5 Å². The van der Waals surface area contributed by atoms with Gasteiger partial charge in [0.15, 0.2) is 0 Å². The first kappa shape index (κ1) is 12.5. The summed E-state index contributed by atoms with van der Waals surface area (Å²) >= 11 is 7.39. The molecule has 0 amide bonds. The maximum atomic E-state index is 13.0. The fraction of sp³-hybridized carbons (Fsp3) is 0.167. The number of hydrogen-bond acceptors (Lipinski definition) is 2. The maximum absolute atomic E-state index is 13.0. The van der Waals surface area contributed by atoms with Crippen LogP contribution in [0, 0.1) is 11.6 Å². The van der Waals surface area contributed by atoms with Gasteiger partial charge in [0.2, 0.25) is 0 Å². The first-order valence-electron chi connectivity index (χ1n) is 4.99. The van der Waals surface area contributed by atoms with E-state index in [2.05, 4.69) is 0 Å². The van der Waals surface area contributed by atoms with Crippen LogP contribution < -0.4 is 5.73 Å². The minimum absolute atomic E-state index is 0.344. The van der Waals surface area contributed by atoms with E-state index in [0.717, 1.165) is 10.9 Å². The van der Waals surface area contributed by atoms with Gasteiger partial charge in [-0.05, 0) is 35.6 Å². The van der Waals surface area contributed by atoms with E-state index in [0.29, 0.717) is 17.0 Å². The summed E-state index contributed by atoms with van der Waals surface area (Å²) in [6.45, 7) is 0. The van der Waals surface area contributed by atoms with Crippen LogP contribution in [-0.4, -0.2) is 0 Å². The van der Waals surface area contributed by atoms with Gasteiger partial charge in [-0.3, -0.25) is 0 Å². The van der Waals surface area contributed by atoms with Crippen LogP contribution >= 0.6 is 22.9 Å². The van der Waals surface area contributed by atoms with Crippen LogP contribution in [0.1, 0.15) is 16.5 Å².